The Morgan fingerprint density at radius 2 is 1.34 bits per heavy atom. The average molecular weight is 561 g/mol. The molecule has 41 heavy (non-hydrogen) atoms. The van der Waals surface area contributed by atoms with Crippen molar-refractivity contribution in [2.45, 2.75) is 91.4 Å². The molecule has 1 N–H and O–H groups in total. The van der Waals surface area contributed by atoms with Gasteiger partial charge in [-0.1, -0.05) is 121 Å². The standard InChI is InChI=1S/C36H45FO4/c1-4-6-8-10-11-13-25-41-30-21-19-27(20-22-30)31-23-24-32(36(39)40)33(34(31)37)28-15-17-29(18-16-28)35(38)26(3)14-12-9-7-5-2/h15-24,26H,4-14,25H2,1-3H3,(H,39,40). The Morgan fingerprint density at radius 1 is 0.756 bits per heavy atom. The highest BCUT2D eigenvalue weighted by atomic mass is 19.1. The van der Waals surface area contributed by atoms with Gasteiger partial charge < -0.3 is 9.84 Å². The molecule has 0 bridgehead atoms. The summed E-state index contributed by atoms with van der Waals surface area (Å²) in [5.74, 6) is -1.12. The highest BCUT2D eigenvalue weighted by Gasteiger charge is 2.21. The lowest BCUT2D eigenvalue weighted by atomic mass is 9.90. The van der Waals surface area contributed by atoms with Gasteiger partial charge in [-0.3, -0.25) is 4.79 Å². The zero-order valence-corrected chi connectivity index (χ0v) is 24.9. The summed E-state index contributed by atoms with van der Waals surface area (Å²) in [7, 11) is 0. The normalized spacial score (nSPS) is 11.8. The lowest BCUT2D eigenvalue weighted by Crippen LogP contribution is -2.11. The predicted octanol–water partition coefficient (Wildman–Crippen LogP) is 10.4. The van der Waals surface area contributed by atoms with Gasteiger partial charge >= 0.3 is 5.97 Å². The molecule has 0 spiro atoms. The molecule has 1 atom stereocenters. The molecule has 3 aromatic carbocycles. The third kappa shape index (κ3) is 9.27. The molecule has 1 unspecified atom stereocenters. The maximum absolute atomic E-state index is 16.0. The van der Waals surface area contributed by atoms with Crippen molar-refractivity contribution >= 4 is 11.8 Å². The fourth-order valence-electron chi connectivity index (χ4n) is 5.16. The van der Waals surface area contributed by atoms with E-state index < -0.39 is 11.8 Å². The van der Waals surface area contributed by atoms with Crippen molar-refractivity contribution in [3.63, 3.8) is 0 Å². The van der Waals surface area contributed by atoms with E-state index in [2.05, 4.69) is 13.8 Å². The number of ether oxygens (including phenoxy) is 1. The second-order valence-electron chi connectivity index (χ2n) is 11.0. The molecule has 3 aromatic rings. The molecule has 4 nitrogen and oxygen atoms in total. The topological polar surface area (TPSA) is 63.6 Å². The number of hydrogen-bond acceptors (Lipinski definition) is 3. The quantitative estimate of drug-likeness (QED) is 0.124. The van der Waals surface area contributed by atoms with Crippen LogP contribution in [0.1, 0.15) is 112 Å². The third-order valence-electron chi connectivity index (χ3n) is 7.70. The van der Waals surface area contributed by atoms with Crippen LogP contribution in [0.3, 0.4) is 0 Å². The van der Waals surface area contributed by atoms with E-state index in [1.807, 2.05) is 19.1 Å². The van der Waals surface area contributed by atoms with Gasteiger partial charge in [0.1, 0.15) is 11.6 Å². The van der Waals surface area contributed by atoms with Gasteiger partial charge in [-0.15, -0.1) is 0 Å². The van der Waals surface area contributed by atoms with Crippen molar-refractivity contribution in [2.24, 2.45) is 5.92 Å². The van der Waals surface area contributed by atoms with Crippen molar-refractivity contribution in [1.29, 1.82) is 0 Å². The molecule has 0 heterocycles. The van der Waals surface area contributed by atoms with Crippen LogP contribution >= 0.6 is 0 Å². The fourth-order valence-corrected chi connectivity index (χ4v) is 5.16. The van der Waals surface area contributed by atoms with Gasteiger partial charge in [0, 0.05) is 22.6 Å². The average Bonchev–Trinajstić information content (AvgIpc) is 2.98. The summed E-state index contributed by atoms with van der Waals surface area (Å²) in [6.07, 6.45) is 12.4. The van der Waals surface area contributed by atoms with Crippen LogP contribution in [0.15, 0.2) is 60.7 Å². The van der Waals surface area contributed by atoms with Crippen molar-refractivity contribution in [1.82, 2.24) is 0 Å². The molecule has 0 fully saturated rings. The van der Waals surface area contributed by atoms with Gasteiger partial charge in [-0.25, -0.2) is 9.18 Å². The van der Waals surface area contributed by atoms with E-state index in [-0.39, 0.29) is 22.8 Å². The Morgan fingerprint density at radius 3 is 1.98 bits per heavy atom. The Labute approximate surface area is 245 Å². The number of carboxylic acids is 1. The summed E-state index contributed by atoms with van der Waals surface area (Å²) in [5.41, 5.74) is 1.83. The summed E-state index contributed by atoms with van der Waals surface area (Å²) < 4.78 is 21.8. The molecular weight excluding hydrogens is 515 g/mol. The first-order valence-electron chi connectivity index (χ1n) is 15.3. The van der Waals surface area contributed by atoms with Crippen LogP contribution in [0.5, 0.6) is 5.75 Å². The SMILES string of the molecule is CCCCCCCCOc1ccc(-c2ccc(C(=O)O)c(-c3ccc(C(=O)C(C)CCCCCC)cc3)c2F)cc1. The number of benzene rings is 3. The number of carboxylic acid groups (broad SMARTS) is 1. The first-order valence-corrected chi connectivity index (χ1v) is 15.3. The summed E-state index contributed by atoms with van der Waals surface area (Å²) >= 11 is 0. The van der Waals surface area contributed by atoms with Crippen LogP contribution in [0.25, 0.3) is 22.3 Å². The van der Waals surface area contributed by atoms with Gasteiger partial charge in [0.15, 0.2) is 5.78 Å². The molecule has 3 rings (SSSR count). The third-order valence-corrected chi connectivity index (χ3v) is 7.70. The van der Waals surface area contributed by atoms with E-state index in [4.69, 9.17) is 4.74 Å². The van der Waals surface area contributed by atoms with Crippen molar-refractivity contribution in [3.8, 4) is 28.0 Å². The molecule has 0 aliphatic rings. The predicted molar refractivity (Wildman–Crippen MR) is 165 cm³/mol. The Balaban J connectivity index is 1.74. The molecule has 0 radical (unpaired) electrons. The number of ketones is 1. The lowest BCUT2D eigenvalue weighted by Gasteiger charge is -2.14. The van der Waals surface area contributed by atoms with E-state index in [1.165, 1.54) is 44.2 Å². The molecular formula is C36H45FO4. The second kappa shape index (κ2) is 16.7. The number of hydrogen-bond donors (Lipinski definition) is 1. The minimum Gasteiger partial charge on any atom is -0.494 e. The van der Waals surface area contributed by atoms with Gasteiger partial charge in [-0.05, 0) is 42.2 Å². The number of halogens is 1. The summed E-state index contributed by atoms with van der Waals surface area (Å²) in [4.78, 5) is 24.9. The Kier molecular flexibility index (Phi) is 13.1. The van der Waals surface area contributed by atoms with Crippen molar-refractivity contribution < 1.29 is 23.8 Å². The Hall–Kier alpha value is -3.47. The Bertz CT molecular complexity index is 1250. The number of rotatable bonds is 18. The number of Topliss-reactive ketones (excluding diaryl/α,β-unsaturated/α-hetero) is 1. The van der Waals surface area contributed by atoms with E-state index >= 15 is 4.39 Å². The number of aromatic carboxylic acids is 1. The highest BCUT2D eigenvalue weighted by Crippen LogP contribution is 2.35. The van der Waals surface area contributed by atoms with Gasteiger partial charge in [0.2, 0.25) is 0 Å². The van der Waals surface area contributed by atoms with E-state index in [0.717, 1.165) is 44.3 Å². The van der Waals surface area contributed by atoms with Gasteiger partial charge in [0.05, 0.1) is 12.2 Å². The van der Waals surface area contributed by atoms with Crippen LogP contribution in [0.4, 0.5) is 4.39 Å². The van der Waals surface area contributed by atoms with Crippen LogP contribution in [-0.4, -0.2) is 23.5 Å². The monoisotopic (exact) mass is 560 g/mol. The fraction of sp³-hybridized carbons (Fsp3) is 0.444. The van der Waals surface area contributed by atoms with Crippen LogP contribution in [-0.2, 0) is 0 Å². The lowest BCUT2D eigenvalue weighted by molar-refractivity contribution is 0.0697. The minimum atomic E-state index is -1.20. The molecule has 220 valence electrons. The first-order chi connectivity index (χ1) is 19.9. The van der Waals surface area contributed by atoms with E-state index in [1.54, 1.807) is 36.4 Å². The van der Waals surface area contributed by atoms with Crippen LogP contribution in [0, 0.1) is 11.7 Å². The zero-order valence-electron chi connectivity index (χ0n) is 24.9. The summed E-state index contributed by atoms with van der Waals surface area (Å²) in [5, 5.41) is 9.81. The van der Waals surface area contributed by atoms with Crippen molar-refractivity contribution in [3.05, 3.63) is 77.6 Å². The number of unbranched alkanes of at least 4 members (excludes halogenated alkanes) is 8. The molecule has 0 amide bonds. The molecule has 0 aliphatic carbocycles. The van der Waals surface area contributed by atoms with Crippen molar-refractivity contribution in [2.75, 3.05) is 6.61 Å². The molecule has 0 aromatic heterocycles. The maximum atomic E-state index is 16.0. The minimum absolute atomic E-state index is 0.0185. The summed E-state index contributed by atoms with van der Waals surface area (Å²) in [6.45, 7) is 6.96. The summed E-state index contributed by atoms with van der Waals surface area (Å²) in [6, 6.07) is 16.8. The molecule has 5 heteroatoms. The second-order valence-corrected chi connectivity index (χ2v) is 11.0. The zero-order chi connectivity index (χ0) is 29.6. The smallest absolute Gasteiger partial charge is 0.336 e. The first kappa shape index (κ1) is 32.0. The number of carbonyl (C=O) groups excluding carboxylic acids is 1. The van der Waals surface area contributed by atoms with Gasteiger partial charge in [0.25, 0.3) is 0 Å². The van der Waals surface area contributed by atoms with E-state index in [9.17, 15) is 14.7 Å². The molecule has 0 aliphatic heterocycles. The highest BCUT2D eigenvalue weighted by molar-refractivity contribution is 6.00. The maximum Gasteiger partial charge on any atom is 0.336 e. The van der Waals surface area contributed by atoms with Crippen LogP contribution in [0.2, 0.25) is 0 Å². The van der Waals surface area contributed by atoms with E-state index in [0.29, 0.717) is 28.9 Å². The number of carbonyl (C=O) groups is 2. The largest absolute Gasteiger partial charge is 0.494 e. The van der Waals surface area contributed by atoms with Gasteiger partial charge in [-0.2, -0.15) is 0 Å². The molecule has 0 saturated heterocycles. The van der Waals surface area contributed by atoms with Crippen LogP contribution < -0.4 is 4.74 Å². The molecule has 0 saturated carbocycles.